The van der Waals surface area contributed by atoms with Gasteiger partial charge in [-0.15, -0.1) is 0 Å². The fraction of sp³-hybridized carbons (Fsp3) is 0.130. The Labute approximate surface area is 173 Å². The Hall–Kier alpha value is -4.00. The monoisotopic (exact) mass is 402 g/mol. The Morgan fingerprint density at radius 3 is 2.37 bits per heavy atom. The summed E-state index contributed by atoms with van der Waals surface area (Å²) >= 11 is 0. The maximum absolute atomic E-state index is 12.0. The van der Waals surface area contributed by atoms with Crippen molar-refractivity contribution in [1.82, 2.24) is 9.97 Å². The highest BCUT2D eigenvalue weighted by Crippen LogP contribution is 2.17. The number of imidazole rings is 1. The third kappa shape index (κ3) is 4.88. The van der Waals surface area contributed by atoms with E-state index < -0.39 is 0 Å². The number of hydrogen-bond acceptors (Lipinski definition) is 4. The molecule has 3 aromatic carbocycles. The Balaban J connectivity index is 1.27. The highest BCUT2D eigenvalue weighted by Gasteiger charge is 2.04. The van der Waals surface area contributed by atoms with Crippen LogP contribution in [0.3, 0.4) is 0 Å². The number of rotatable bonds is 7. The molecule has 0 saturated heterocycles. The van der Waals surface area contributed by atoms with Crippen LogP contribution in [0, 0.1) is 6.92 Å². The lowest BCUT2D eigenvalue weighted by Crippen LogP contribution is -2.20. The standard InChI is InChI=1S/C23H22N4O3/c1-15-2-6-17(7-3-15)25-22(28)14-30-19-9-4-16(5-10-19)13-24-18-8-11-20-21(12-18)27-23(29)26-20/h2-12,24H,13-14H2,1H3,(H,25,28)(H2,26,27,29). The number of benzene rings is 3. The van der Waals surface area contributed by atoms with Gasteiger partial charge in [-0.25, -0.2) is 4.79 Å². The molecule has 0 aliphatic heterocycles. The molecule has 0 spiro atoms. The van der Waals surface area contributed by atoms with Gasteiger partial charge in [-0.1, -0.05) is 29.8 Å². The summed E-state index contributed by atoms with van der Waals surface area (Å²) in [6.07, 6.45) is 0. The van der Waals surface area contributed by atoms with Crippen molar-refractivity contribution in [2.24, 2.45) is 0 Å². The fourth-order valence-corrected chi connectivity index (χ4v) is 3.03. The molecule has 0 aliphatic carbocycles. The van der Waals surface area contributed by atoms with E-state index >= 15 is 0 Å². The third-order valence-corrected chi connectivity index (χ3v) is 4.64. The van der Waals surface area contributed by atoms with Crippen molar-refractivity contribution in [1.29, 1.82) is 0 Å². The molecule has 0 unspecified atom stereocenters. The maximum atomic E-state index is 12.0. The molecule has 7 heteroatoms. The minimum Gasteiger partial charge on any atom is -0.484 e. The van der Waals surface area contributed by atoms with Crippen molar-refractivity contribution in [3.05, 3.63) is 88.3 Å². The van der Waals surface area contributed by atoms with Crippen molar-refractivity contribution >= 4 is 28.3 Å². The number of carbonyl (C=O) groups excluding carboxylic acids is 1. The lowest BCUT2D eigenvalue weighted by atomic mass is 10.2. The van der Waals surface area contributed by atoms with Crippen molar-refractivity contribution in [2.45, 2.75) is 13.5 Å². The average molecular weight is 402 g/mol. The summed E-state index contributed by atoms with van der Waals surface area (Å²) in [5, 5.41) is 6.13. The number of ether oxygens (including phenoxy) is 1. The minimum atomic E-state index is -0.217. The summed E-state index contributed by atoms with van der Waals surface area (Å²) in [5.74, 6) is 0.423. The largest absolute Gasteiger partial charge is 0.484 e. The molecule has 4 aromatic rings. The molecule has 1 amide bonds. The van der Waals surface area contributed by atoms with E-state index in [-0.39, 0.29) is 18.2 Å². The van der Waals surface area contributed by atoms with Crippen molar-refractivity contribution in [3.8, 4) is 5.75 Å². The molecule has 0 fully saturated rings. The topological polar surface area (TPSA) is 99.0 Å². The highest BCUT2D eigenvalue weighted by molar-refractivity contribution is 5.91. The molecule has 0 bridgehead atoms. The van der Waals surface area contributed by atoms with Crippen LogP contribution >= 0.6 is 0 Å². The first-order valence-electron chi connectivity index (χ1n) is 9.59. The number of H-pyrrole nitrogens is 2. The number of anilines is 2. The summed E-state index contributed by atoms with van der Waals surface area (Å²) in [6, 6.07) is 20.8. The van der Waals surface area contributed by atoms with Gasteiger partial charge in [0.15, 0.2) is 6.61 Å². The quantitative estimate of drug-likeness (QED) is 0.378. The second-order valence-corrected chi connectivity index (χ2v) is 7.04. The lowest BCUT2D eigenvalue weighted by molar-refractivity contribution is -0.118. The molecule has 152 valence electrons. The zero-order chi connectivity index (χ0) is 20.9. The molecule has 4 rings (SSSR count). The van der Waals surface area contributed by atoms with Gasteiger partial charge in [0.2, 0.25) is 0 Å². The van der Waals surface area contributed by atoms with E-state index in [0.29, 0.717) is 12.3 Å². The Morgan fingerprint density at radius 2 is 1.60 bits per heavy atom. The predicted octanol–water partition coefficient (Wildman–Crippen LogP) is 3.79. The lowest BCUT2D eigenvalue weighted by Gasteiger charge is -2.10. The zero-order valence-corrected chi connectivity index (χ0v) is 16.5. The van der Waals surface area contributed by atoms with Gasteiger partial charge in [0.1, 0.15) is 5.75 Å². The van der Waals surface area contributed by atoms with Crippen molar-refractivity contribution in [3.63, 3.8) is 0 Å². The highest BCUT2D eigenvalue weighted by atomic mass is 16.5. The SMILES string of the molecule is Cc1ccc(NC(=O)COc2ccc(CNc3ccc4[nH]c(=O)[nH]c4c3)cc2)cc1. The second-order valence-electron chi connectivity index (χ2n) is 7.04. The molecule has 0 saturated carbocycles. The molecule has 7 nitrogen and oxygen atoms in total. The van der Waals surface area contributed by atoms with Crippen LogP contribution in [0.2, 0.25) is 0 Å². The van der Waals surface area contributed by atoms with Crippen LogP contribution < -0.4 is 21.1 Å². The molecule has 1 aromatic heterocycles. The maximum Gasteiger partial charge on any atom is 0.323 e. The third-order valence-electron chi connectivity index (χ3n) is 4.64. The Morgan fingerprint density at radius 1 is 0.900 bits per heavy atom. The van der Waals surface area contributed by atoms with Gasteiger partial charge < -0.3 is 25.3 Å². The smallest absolute Gasteiger partial charge is 0.323 e. The molecule has 0 atom stereocenters. The van der Waals surface area contributed by atoms with E-state index in [2.05, 4.69) is 20.6 Å². The van der Waals surface area contributed by atoms with Gasteiger partial charge in [-0.2, -0.15) is 0 Å². The molecule has 0 aliphatic rings. The van der Waals surface area contributed by atoms with E-state index in [1.807, 2.05) is 73.7 Å². The predicted molar refractivity (Wildman–Crippen MR) is 118 cm³/mol. The molecular weight excluding hydrogens is 380 g/mol. The molecular formula is C23H22N4O3. The first-order chi connectivity index (χ1) is 14.5. The number of amides is 1. The van der Waals surface area contributed by atoms with E-state index in [1.165, 1.54) is 0 Å². The number of fused-ring (bicyclic) bond motifs is 1. The number of aromatic nitrogens is 2. The van der Waals surface area contributed by atoms with Crippen LogP contribution in [0.25, 0.3) is 11.0 Å². The summed E-state index contributed by atoms with van der Waals surface area (Å²) in [6.45, 7) is 2.56. The van der Waals surface area contributed by atoms with Crippen LogP contribution in [0.1, 0.15) is 11.1 Å². The number of aromatic amines is 2. The number of hydrogen-bond donors (Lipinski definition) is 4. The van der Waals surface area contributed by atoms with Gasteiger partial charge in [0.05, 0.1) is 11.0 Å². The Bertz CT molecular complexity index is 1210. The zero-order valence-electron chi connectivity index (χ0n) is 16.5. The van der Waals surface area contributed by atoms with E-state index in [0.717, 1.165) is 33.5 Å². The van der Waals surface area contributed by atoms with E-state index in [1.54, 1.807) is 0 Å². The average Bonchev–Trinajstić information content (AvgIpc) is 3.12. The molecule has 30 heavy (non-hydrogen) atoms. The number of carbonyl (C=O) groups is 1. The van der Waals surface area contributed by atoms with Crippen molar-refractivity contribution in [2.75, 3.05) is 17.2 Å². The first kappa shape index (κ1) is 19.3. The minimum absolute atomic E-state index is 0.0552. The Kier molecular flexibility index (Phi) is 5.52. The second kappa shape index (κ2) is 8.57. The van der Waals surface area contributed by atoms with E-state index in [9.17, 15) is 9.59 Å². The first-order valence-corrected chi connectivity index (χ1v) is 9.59. The molecule has 1 heterocycles. The summed E-state index contributed by atoms with van der Waals surface area (Å²) < 4.78 is 5.56. The van der Waals surface area contributed by atoms with Crippen LogP contribution in [0.15, 0.2) is 71.5 Å². The molecule has 4 N–H and O–H groups in total. The van der Waals surface area contributed by atoms with Gasteiger partial charge in [0, 0.05) is 17.9 Å². The summed E-state index contributed by atoms with van der Waals surface area (Å²) in [4.78, 5) is 28.8. The number of aryl methyl sites for hydroxylation is 1. The normalized spacial score (nSPS) is 10.7. The van der Waals surface area contributed by atoms with Gasteiger partial charge >= 0.3 is 5.69 Å². The fourth-order valence-electron chi connectivity index (χ4n) is 3.03. The van der Waals surface area contributed by atoms with Crippen molar-refractivity contribution < 1.29 is 9.53 Å². The van der Waals surface area contributed by atoms with Gasteiger partial charge in [-0.3, -0.25) is 4.79 Å². The summed E-state index contributed by atoms with van der Waals surface area (Å²) in [5.41, 5.74) is 5.18. The van der Waals surface area contributed by atoms with Gasteiger partial charge in [-0.05, 0) is 55.0 Å². The summed E-state index contributed by atoms with van der Waals surface area (Å²) in [7, 11) is 0. The van der Waals surface area contributed by atoms with Crippen LogP contribution in [0.4, 0.5) is 11.4 Å². The van der Waals surface area contributed by atoms with Crippen LogP contribution in [0.5, 0.6) is 5.75 Å². The van der Waals surface area contributed by atoms with Crippen LogP contribution in [-0.2, 0) is 11.3 Å². The van der Waals surface area contributed by atoms with Gasteiger partial charge in [0.25, 0.3) is 5.91 Å². The van der Waals surface area contributed by atoms with E-state index in [4.69, 9.17) is 4.74 Å². The molecule has 0 radical (unpaired) electrons. The van der Waals surface area contributed by atoms with Crippen LogP contribution in [-0.4, -0.2) is 22.5 Å². The number of nitrogens with one attached hydrogen (secondary N) is 4.